The molecule has 1 fully saturated rings. The fourth-order valence-corrected chi connectivity index (χ4v) is 1.78. The van der Waals surface area contributed by atoms with Crippen LogP contribution in [0.5, 0.6) is 0 Å². The van der Waals surface area contributed by atoms with Crippen LogP contribution in [0.25, 0.3) is 0 Å². The molecule has 1 saturated heterocycles. The molecule has 0 unspecified atom stereocenters. The maximum Gasteiger partial charge on any atom is 0.196 e. The Morgan fingerprint density at radius 3 is 2.19 bits per heavy atom. The van der Waals surface area contributed by atoms with Gasteiger partial charge in [0.2, 0.25) is 0 Å². The average Bonchev–Trinajstić information content (AvgIpc) is 2.58. The highest BCUT2D eigenvalue weighted by Gasteiger charge is 2.18. The Morgan fingerprint density at radius 2 is 1.62 bits per heavy atom. The highest BCUT2D eigenvalue weighted by molar-refractivity contribution is 14.0. The van der Waals surface area contributed by atoms with Crippen molar-refractivity contribution in [3.8, 4) is 0 Å². The standard InChI is InChI=1S/C12H17N3.HI/c1-14-8-9-15(2)12(14)13-10-11-6-4-3-5-7-11;/h3-7H,8-10H2,1-2H3;1H. The zero-order chi connectivity index (χ0) is 10.7. The zero-order valence-electron chi connectivity index (χ0n) is 9.76. The SMILES string of the molecule is CN1CCN(C)C1=NCc1ccccc1.I. The van der Waals surface area contributed by atoms with E-state index in [2.05, 4.69) is 53.2 Å². The van der Waals surface area contributed by atoms with Crippen LogP contribution in [0.1, 0.15) is 5.56 Å². The molecule has 0 radical (unpaired) electrons. The van der Waals surface area contributed by atoms with Gasteiger partial charge in [0.1, 0.15) is 0 Å². The molecule has 16 heavy (non-hydrogen) atoms. The van der Waals surface area contributed by atoms with Crippen LogP contribution in [0, 0.1) is 0 Å². The molecular weight excluding hydrogens is 313 g/mol. The van der Waals surface area contributed by atoms with Gasteiger partial charge in [0.05, 0.1) is 6.54 Å². The quantitative estimate of drug-likeness (QED) is 0.773. The predicted octanol–water partition coefficient (Wildman–Crippen LogP) is 2.04. The van der Waals surface area contributed by atoms with Crippen LogP contribution in [0.3, 0.4) is 0 Å². The lowest BCUT2D eigenvalue weighted by Gasteiger charge is -2.15. The summed E-state index contributed by atoms with van der Waals surface area (Å²) in [6.07, 6.45) is 0. The summed E-state index contributed by atoms with van der Waals surface area (Å²) < 4.78 is 0. The van der Waals surface area contributed by atoms with Gasteiger partial charge in [-0.2, -0.15) is 0 Å². The van der Waals surface area contributed by atoms with E-state index < -0.39 is 0 Å². The Hall–Kier alpha value is -0.780. The van der Waals surface area contributed by atoms with Crippen molar-refractivity contribution in [1.29, 1.82) is 0 Å². The van der Waals surface area contributed by atoms with E-state index in [0.29, 0.717) is 0 Å². The largest absolute Gasteiger partial charge is 0.344 e. The average molecular weight is 331 g/mol. The molecule has 0 aliphatic carbocycles. The van der Waals surface area contributed by atoms with Crippen LogP contribution in [0.15, 0.2) is 35.3 Å². The van der Waals surface area contributed by atoms with Gasteiger partial charge >= 0.3 is 0 Å². The smallest absolute Gasteiger partial charge is 0.196 e. The monoisotopic (exact) mass is 331 g/mol. The number of likely N-dealkylation sites (N-methyl/N-ethyl adjacent to an activating group) is 2. The molecule has 2 rings (SSSR count). The molecule has 3 nitrogen and oxygen atoms in total. The van der Waals surface area contributed by atoms with E-state index in [-0.39, 0.29) is 24.0 Å². The Kier molecular flexibility index (Phi) is 5.05. The van der Waals surface area contributed by atoms with Crippen molar-refractivity contribution in [2.75, 3.05) is 27.2 Å². The van der Waals surface area contributed by atoms with E-state index in [0.717, 1.165) is 25.6 Å². The topological polar surface area (TPSA) is 18.8 Å². The summed E-state index contributed by atoms with van der Waals surface area (Å²) in [5.74, 6) is 1.10. The Morgan fingerprint density at radius 1 is 1.06 bits per heavy atom. The van der Waals surface area contributed by atoms with Gasteiger partial charge in [-0.15, -0.1) is 24.0 Å². The summed E-state index contributed by atoms with van der Waals surface area (Å²) in [7, 11) is 4.18. The molecule has 1 aromatic rings. The number of benzene rings is 1. The normalized spacial score (nSPS) is 15.0. The lowest BCUT2D eigenvalue weighted by atomic mass is 10.2. The number of hydrogen-bond donors (Lipinski definition) is 0. The van der Waals surface area contributed by atoms with E-state index in [1.807, 2.05) is 6.07 Å². The van der Waals surface area contributed by atoms with Crippen molar-refractivity contribution in [2.24, 2.45) is 4.99 Å². The van der Waals surface area contributed by atoms with Crippen LogP contribution in [0.4, 0.5) is 0 Å². The van der Waals surface area contributed by atoms with Gasteiger partial charge in [0.25, 0.3) is 0 Å². The van der Waals surface area contributed by atoms with Crippen molar-refractivity contribution in [2.45, 2.75) is 6.54 Å². The van der Waals surface area contributed by atoms with E-state index in [1.165, 1.54) is 5.56 Å². The molecule has 0 saturated carbocycles. The summed E-state index contributed by atoms with van der Waals surface area (Å²) in [5.41, 5.74) is 1.26. The van der Waals surface area contributed by atoms with Gasteiger partial charge in [0, 0.05) is 27.2 Å². The minimum Gasteiger partial charge on any atom is -0.344 e. The van der Waals surface area contributed by atoms with Crippen molar-refractivity contribution < 1.29 is 0 Å². The Labute approximate surface area is 114 Å². The molecule has 1 aliphatic rings. The first-order chi connectivity index (χ1) is 7.27. The molecule has 1 aromatic carbocycles. The fraction of sp³-hybridized carbons (Fsp3) is 0.417. The van der Waals surface area contributed by atoms with Gasteiger partial charge in [-0.1, -0.05) is 30.3 Å². The highest BCUT2D eigenvalue weighted by atomic mass is 127. The van der Waals surface area contributed by atoms with Crippen molar-refractivity contribution in [1.82, 2.24) is 9.80 Å². The molecule has 0 amide bonds. The summed E-state index contributed by atoms with van der Waals surface area (Å²) in [5, 5.41) is 0. The maximum absolute atomic E-state index is 4.62. The molecule has 0 bridgehead atoms. The number of rotatable bonds is 2. The number of guanidine groups is 1. The summed E-state index contributed by atoms with van der Waals surface area (Å²) in [4.78, 5) is 9.02. The molecule has 0 atom stereocenters. The highest BCUT2D eigenvalue weighted by Crippen LogP contribution is 2.06. The third-order valence-electron chi connectivity index (χ3n) is 2.70. The molecule has 1 aliphatic heterocycles. The number of aliphatic imine (C=N–C) groups is 1. The second-order valence-electron chi connectivity index (χ2n) is 3.94. The van der Waals surface area contributed by atoms with Gasteiger partial charge in [-0.05, 0) is 5.56 Å². The lowest BCUT2D eigenvalue weighted by molar-refractivity contribution is 0.553. The predicted molar refractivity (Wildman–Crippen MR) is 78.3 cm³/mol. The minimum atomic E-state index is 0. The number of hydrogen-bond acceptors (Lipinski definition) is 1. The zero-order valence-corrected chi connectivity index (χ0v) is 12.1. The van der Waals surface area contributed by atoms with E-state index >= 15 is 0 Å². The molecule has 0 N–H and O–H groups in total. The summed E-state index contributed by atoms with van der Waals surface area (Å²) >= 11 is 0. The molecule has 1 heterocycles. The van der Waals surface area contributed by atoms with Crippen LogP contribution in [-0.4, -0.2) is 42.9 Å². The third kappa shape index (κ3) is 3.10. The van der Waals surface area contributed by atoms with Gasteiger partial charge in [0.15, 0.2) is 5.96 Å². The van der Waals surface area contributed by atoms with Gasteiger partial charge in [-0.25, -0.2) is 4.99 Å². The Bertz CT molecular complexity index is 339. The number of nitrogens with zero attached hydrogens (tertiary/aromatic N) is 3. The second kappa shape index (κ2) is 6.08. The maximum atomic E-state index is 4.62. The summed E-state index contributed by atoms with van der Waals surface area (Å²) in [6.45, 7) is 2.92. The van der Waals surface area contributed by atoms with Crippen LogP contribution in [0.2, 0.25) is 0 Å². The van der Waals surface area contributed by atoms with Crippen molar-refractivity contribution >= 4 is 29.9 Å². The molecular formula is C12H18IN3. The van der Waals surface area contributed by atoms with Crippen LogP contribution in [-0.2, 0) is 6.54 Å². The van der Waals surface area contributed by atoms with E-state index in [1.54, 1.807) is 0 Å². The molecule has 4 heteroatoms. The second-order valence-corrected chi connectivity index (χ2v) is 3.94. The van der Waals surface area contributed by atoms with E-state index in [4.69, 9.17) is 0 Å². The molecule has 88 valence electrons. The Balaban J connectivity index is 0.00000128. The third-order valence-corrected chi connectivity index (χ3v) is 2.70. The van der Waals surface area contributed by atoms with Crippen molar-refractivity contribution in [3.63, 3.8) is 0 Å². The first-order valence-electron chi connectivity index (χ1n) is 5.28. The van der Waals surface area contributed by atoms with E-state index in [9.17, 15) is 0 Å². The number of halogens is 1. The van der Waals surface area contributed by atoms with Crippen molar-refractivity contribution in [3.05, 3.63) is 35.9 Å². The minimum absolute atomic E-state index is 0. The first-order valence-corrected chi connectivity index (χ1v) is 5.28. The fourth-order valence-electron chi connectivity index (χ4n) is 1.78. The van der Waals surface area contributed by atoms with Gasteiger partial charge in [-0.3, -0.25) is 0 Å². The van der Waals surface area contributed by atoms with Crippen LogP contribution >= 0.6 is 24.0 Å². The lowest BCUT2D eigenvalue weighted by Crippen LogP contribution is -2.28. The first kappa shape index (κ1) is 13.3. The molecule has 0 aromatic heterocycles. The van der Waals surface area contributed by atoms with Crippen LogP contribution < -0.4 is 0 Å². The van der Waals surface area contributed by atoms with Gasteiger partial charge < -0.3 is 9.80 Å². The molecule has 0 spiro atoms. The summed E-state index contributed by atoms with van der Waals surface area (Å²) in [6, 6.07) is 10.4.